The number of aromatic nitrogens is 1. The van der Waals surface area contributed by atoms with Crippen molar-refractivity contribution in [2.45, 2.75) is 17.6 Å². The molecule has 70 valence electrons. The predicted molar refractivity (Wildman–Crippen MR) is 48.3 cm³/mol. The van der Waals surface area contributed by atoms with Crippen molar-refractivity contribution in [1.29, 1.82) is 0 Å². The van der Waals surface area contributed by atoms with Crippen LogP contribution in [0.3, 0.4) is 0 Å². The maximum Gasteiger partial charge on any atom is 0.219 e. The van der Waals surface area contributed by atoms with Gasteiger partial charge < -0.3 is 0 Å². The first-order valence-corrected chi connectivity index (χ1v) is 5.54. The molecule has 0 amide bonds. The predicted octanol–water partition coefficient (Wildman–Crippen LogP) is 0.359. The van der Waals surface area contributed by atoms with Crippen LogP contribution in [0.1, 0.15) is 18.4 Å². The van der Waals surface area contributed by atoms with E-state index in [2.05, 4.69) is 4.98 Å². The molecule has 0 spiro atoms. The van der Waals surface area contributed by atoms with Gasteiger partial charge in [0.25, 0.3) is 0 Å². The molecule has 0 saturated heterocycles. The molecule has 0 aromatic carbocycles. The van der Waals surface area contributed by atoms with Gasteiger partial charge in [0.05, 0.1) is 0 Å². The zero-order valence-corrected chi connectivity index (χ0v) is 7.79. The fourth-order valence-corrected chi connectivity index (χ4v) is 2.60. The third-order valence-corrected chi connectivity index (χ3v) is 4.17. The molecule has 2 rings (SSSR count). The minimum absolute atomic E-state index is 0.609. The average Bonchev–Trinajstić information content (AvgIpc) is 2.84. The molecule has 0 aliphatic heterocycles. The van der Waals surface area contributed by atoms with Crippen LogP contribution >= 0.6 is 0 Å². The van der Waals surface area contributed by atoms with Crippen molar-refractivity contribution in [3.63, 3.8) is 0 Å². The maximum atomic E-state index is 11.3. The molecule has 4 nitrogen and oxygen atoms in total. The fraction of sp³-hybridized carbons (Fsp3) is 0.375. The molecule has 1 heterocycles. The van der Waals surface area contributed by atoms with E-state index < -0.39 is 14.8 Å². The third-order valence-electron chi connectivity index (χ3n) is 2.44. The third kappa shape index (κ3) is 1.24. The summed E-state index contributed by atoms with van der Waals surface area (Å²) in [6, 6.07) is 3.48. The first-order chi connectivity index (χ1) is 6.06. The molecule has 1 aliphatic rings. The van der Waals surface area contributed by atoms with Crippen LogP contribution in [-0.2, 0) is 14.8 Å². The first kappa shape index (κ1) is 8.65. The van der Waals surface area contributed by atoms with Gasteiger partial charge >= 0.3 is 0 Å². The van der Waals surface area contributed by atoms with E-state index in [1.165, 1.54) is 0 Å². The number of hydrogen-bond donors (Lipinski definition) is 1. The van der Waals surface area contributed by atoms with Gasteiger partial charge in [0, 0.05) is 12.4 Å². The Morgan fingerprint density at radius 3 is 2.54 bits per heavy atom. The topological polar surface area (TPSA) is 73.1 Å². The Bertz CT molecular complexity index is 409. The highest BCUT2D eigenvalue weighted by Gasteiger charge is 2.54. The quantitative estimate of drug-likeness (QED) is 0.745. The molecule has 0 atom stereocenters. The second-order valence-corrected chi connectivity index (χ2v) is 5.15. The smallest absolute Gasteiger partial charge is 0.219 e. The maximum absolute atomic E-state index is 11.3. The van der Waals surface area contributed by atoms with E-state index in [1.807, 2.05) is 0 Å². The lowest BCUT2D eigenvalue weighted by Gasteiger charge is -2.11. The molecule has 1 saturated carbocycles. The highest BCUT2D eigenvalue weighted by molar-refractivity contribution is 7.90. The number of hydrogen-bond acceptors (Lipinski definition) is 3. The van der Waals surface area contributed by atoms with Crippen LogP contribution in [0, 0.1) is 0 Å². The molecule has 0 bridgehead atoms. The van der Waals surface area contributed by atoms with Crippen molar-refractivity contribution in [3.8, 4) is 0 Å². The van der Waals surface area contributed by atoms with Crippen molar-refractivity contribution >= 4 is 10.0 Å². The lowest BCUT2D eigenvalue weighted by Crippen LogP contribution is -2.28. The molecule has 0 radical (unpaired) electrons. The standard InChI is InChI=1S/C8H10N2O2S/c9-13(11,12)8(3-4-8)7-2-1-5-10-6-7/h1-2,5-6H,3-4H2,(H2,9,11,12). The largest absolute Gasteiger partial charge is 0.264 e. The van der Waals surface area contributed by atoms with E-state index in [0.717, 1.165) is 0 Å². The van der Waals surface area contributed by atoms with Crippen LogP contribution in [0.2, 0.25) is 0 Å². The van der Waals surface area contributed by atoms with Crippen LogP contribution in [0.25, 0.3) is 0 Å². The molecule has 1 fully saturated rings. The summed E-state index contributed by atoms with van der Waals surface area (Å²) in [5, 5.41) is 5.15. The summed E-state index contributed by atoms with van der Waals surface area (Å²) in [7, 11) is -3.48. The van der Waals surface area contributed by atoms with E-state index in [0.29, 0.717) is 18.4 Å². The van der Waals surface area contributed by atoms with Gasteiger partial charge in [-0.2, -0.15) is 0 Å². The first-order valence-electron chi connectivity index (χ1n) is 3.99. The molecule has 1 aliphatic carbocycles. The Kier molecular flexibility index (Phi) is 1.68. The van der Waals surface area contributed by atoms with Gasteiger partial charge in [-0.15, -0.1) is 0 Å². The number of primary sulfonamides is 1. The minimum atomic E-state index is -3.48. The summed E-state index contributed by atoms with van der Waals surface area (Å²) < 4.78 is 21.7. The summed E-state index contributed by atoms with van der Waals surface area (Å²) in [6.45, 7) is 0. The lowest BCUT2D eigenvalue weighted by molar-refractivity contribution is 0.581. The van der Waals surface area contributed by atoms with Crippen LogP contribution in [0.4, 0.5) is 0 Å². The minimum Gasteiger partial charge on any atom is -0.264 e. The zero-order valence-electron chi connectivity index (χ0n) is 6.97. The number of rotatable bonds is 2. The molecule has 1 aromatic rings. The van der Waals surface area contributed by atoms with Gasteiger partial charge in [-0.3, -0.25) is 4.98 Å². The van der Waals surface area contributed by atoms with E-state index >= 15 is 0 Å². The SMILES string of the molecule is NS(=O)(=O)C1(c2cccnc2)CC1. The van der Waals surface area contributed by atoms with E-state index in [1.54, 1.807) is 24.5 Å². The summed E-state index contributed by atoms with van der Waals surface area (Å²) in [5.41, 5.74) is 0.706. The molecule has 1 aromatic heterocycles. The van der Waals surface area contributed by atoms with Crippen molar-refractivity contribution in [2.75, 3.05) is 0 Å². The Balaban J connectivity index is 2.49. The molecule has 5 heteroatoms. The lowest BCUT2D eigenvalue weighted by atomic mass is 10.2. The normalized spacial score (nSPS) is 19.8. The second-order valence-electron chi connectivity index (χ2n) is 3.28. The number of nitrogens with zero attached hydrogens (tertiary/aromatic N) is 1. The number of sulfonamides is 1. The van der Waals surface area contributed by atoms with Crippen LogP contribution in [-0.4, -0.2) is 13.4 Å². The summed E-state index contributed by atoms with van der Waals surface area (Å²) >= 11 is 0. The van der Waals surface area contributed by atoms with Gasteiger partial charge in [0.15, 0.2) is 0 Å². The molecular weight excluding hydrogens is 188 g/mol. The highest BCUT2D eigenvalue weighted by atomic mass is 32.2. The van der Waals surface area contributed by atoms with Gasteiger partial charge in [-0.05, 0) is 24.5 Å². The van der Waals surface area contributed by atoms with Crippen molar-refractivity contribution < 1.29 is 8.42 Å². The van der Waals surface area contributed by atoms with Crippen LogP contribution < -0.4 is 5.14 Å². The van der Waals surface area contributed by atoms with Crippen molar-refractivity contribution in [2.24, 2.45) is 5.14 Å². The second kappa shape index (κ2) is 2.52. The Morgan fingerprint density at radius 2 is 2.15 bits per heavy atom. The molecule has 2 N–H and O–H groups in total. The van der Waals surface area contributed by atoms with Crippen LogP contribution in [0.15, 0.2) is 24.5 Å². The highest BCUT2D eigenvalue weighted by Crippen LogP contribution is 2.51. The molecular formula is C8H10N2O2S. The van der Waals surface area contributed by atoms with E-state index in [4.69, 9.17) is 5.14 Å². The van der Waals surface area contributed by atoms with Gasteiger partial charge in [0.2, 0.25) is 10.0 Å². The zero-order chi connectivity index (χ0) is 9.53. The van der Waals surface area contributed by atoms with Crippen LogP contribution in [0.5, 0.6) is 0 Å². The van der Waals surface area contributed by atoms with Gasteiger partial charge in [-0.25, -0.2) is 13.6 Å². The summed E-state index contributed by atoms with van der Waals surface area (Å²) in [4.78, 5) is 3.88. The van der Waals surface area contributed by atoms with E-state index in [-0.39, 0.29) is 0 Å². The average molecular weight is 198 g/mol. The van der Waals surface area contributed by atoms with E-state index in [9.17, 15) is 8.42 Å². The Labute approximate surface area is 76.8 Å². The fourth-order valence-electron chi connectivity index (χ4n) is 1.48. The monoisotopic (exact) mass is 198 g/mol. The Morgan fingerprint density at radius 1 is 1.46 bits per heavy atom. The summed E-state index contributed by atoms with van der Waals surface area (Å²) in [6.07, 6.45) is 4.40. The molecule has 13 heavy (non-hydrogen) atoms. The molecule has 0 unspecified atom stereocenters. The Hall–Kier alpha value is -0.940. The van der Waals surface area contributed by atoms with Crippen molar-refractivity contribution in [3.05, 3.63) is 30.1 Å². The van der Waals surface area contributed by atoms with Crippen molar-refractivity contribution in [1.82, 2.24) is 4.98 Å². The number of nitrogens with two attached hydrogens (primary N) is 1. The van der Waals surface area contributed by atoms with Gasteiger partial charge in [0.1, 0.15) is 4.75 Å². The number of pyridine rings is 1. The summed E-state index contributed by atoms with van der Waals surface area (Å²) in [5.74, 6) is 0. The van der Waals surface area contributed by atoms with Gasteiger partial charge in [-0.1, -0.05) is 6.07 Å².